The predicted octanol–water partition coefficient (Wildman–Crippen LogP) is -1.31. The summed E-state index contributed by atoms with van der Waals surface area (Å²) in [4.78, 5) is 4.07. The van der Waals surface area contributed by atoms with E-state index in [4.69, 9.17) is 0 Å². The monoisotopic (exact) mass is 188 g/mol. The fraction of sp³-hybridized carbons (Fsp3) is 0. The third-order valence-electron chi connectivity index (χ3n) is 1.07. The molecule has 1 aromatic heterocycles. The van der Waals surface area contributed by atoms with Gasteiger partial charge in [0.15, 0.2) is 0 Å². The zero-order valence-electron chi connectivity index (χ0n) is 5.65. The molecule has 1 rings (SSSR count). The van der Waals surface area contributed by atoms with Crippen molar-refractivity contribution >= 4 is 44.1 Å². The van der Waals surface area contributed by atoms with Gasteiger partial charge in [-0.25, -0.2) is 0 Å². The zero-order chi connectivity index (χ0) is 8.27. The summed E-state index contributed by atoms with van der Waals surface area (Å²) in [5.74, 6) is 2.63. The Labute approximate surface area is 76.5 Å². The summed E-state index contributed by atoms with van der Waals surface area (Å²) in [6.45, 7) is 0. The number of aromatic nitrogens is 1. The van der Waals surface area contributed by atoms with Crippen molar-refractivity contribution in [3.63, 3.8) is 0 Å². The van der Waals surface area contributed by atoms with Crippen LogP contribution < -0.4 is 4.67 Å². The molecule has 0 N–H and O–H groups in total. The first-order valence-corrected chi connectivity index (χ1v) is 4.21. The van der Waals surface area contributed by atoms with E-state index in [-0.39, 0.29) is 0 Å². The fourth-order valence-electron chi connectivity index (χ4n) is 0.581. The number of nitrogens with zero attached hydrogens (tertiary/aromatic N) is 3. The van der Waals surface area contributed by atoms with Gasteiger partial charge in [-0.15, -0.1) is 0 Å². The molecule has 0 fully saturated rings. The first-order chi connectivity index (χ1) is 5.22. The van der Waals surface area contributed by atoms with Crippen LogP contribution in [-0.4, -0.2) is 47.5 Å². The molecule has 49 valence electrons. The topological polar surface area (TPSA) is 19.4 Å². The van der Waals surface area contributed by atoms with E-state index in [1.54, 1.807) is 11.7 Å². The Hall–Kier alpha value is -0.244. The SMILES string of the molecule is [Si]N([Si])N([Si])c1cccbn1. The van der Waals surface area contributed by atoms with Crippen molar-refractivity contribution in [3.8, 4) is 0 Å². The number of anilines is 1. The van der Waals surface area contributed by atoms with Crippen LogP contribution in [0.2, 0.25) is 0 Å². The third-order valence-corrected chi connectivity index (χ3v) is 2.30. The van der Waals surface area contributed by atoms with Crippen LogP contribution in [0.25, 0.3) is 0 Å². The zero-order valence-corrected chi connectivity index (χ0v) is 8.65. The molecular weight excluding hydrogens is 185 g/mol. The van der Waals surface area contributed by atoms with Gasteiger partial charge in [-0.05, 0) is 0 Å². The summed E-state index contributed by atoms with van der Waals surface area (Å²) < 4.78 is 3.10. The van der Waals surface area contributed by atoms with Gasteiger partial charge in [-0.3, -0.25) is 0 Å². The van der Waals surface area contributed by atoms with E-state index in [0.717, 1.165) is 5.82 Å². The molecule has 3 nitrogen and oxygen atoms in total. The first kappa shape index (κ1) is 8.85. The fourth-order valence-corrected chi connectivity index (χ4v) is 0.919. The van der Waals surface area contributed by atoms with Gasteiger partial charge in [-0.2, -0.15) is 0 Å². The van der Waals surface area contributed by atoms with E-state index in [2.05, 4.69) is 36.1 Å². The predicted molar refractivity (Wildman–Crippen MR) is 47.2 cm³/mol. The standard InChI is InChI=1S/C4H3BN3Si3/c9-7(8(10)11)4-2-1-3-5-6-4/h1-3H. The van der Waals surface area contributed by atoms with Crippen molar-refractivity contribution in [2.75, 3.05) is 4.67 Å². The molecule has 1 aromatic rings. The van der Waals surface area contributed by atoms with Crippen LogP contribution in [-0.2, 0) is 0 Å². The summed E-state index contributed by atoms with van der Waals surface area (Å²) in [7, 11) is 11.4. The van der Waals surface area contributed by atoms with Gasteiger partial charge in [-0.1, -0.05) is 0 Å². The van der Waals surface area contributed by atoms with Gasteiger partial charge in [0, 0.05) is 0 Å². The van der Waals surface area contributed by atoms with Crippen molar-refractivity contribution in [2.24, 2.45) is 0 Å². The van der Waals surface area contributed by atoms with Gasteiger partial charge in [0.25, 0.3) is 0 Å². The van der Waals surface area contributed by atoms with Gasteiger partial charge in [0.05, 0.1) is 0 Å². The molecule has 0 aliphatic rings. The molecule has 0 unspecified atom stereocenters. The Morgan fingerprint density at radius 2 is 2.09 bits per heavy atom. The van der Waals surface area contributed by atoms with Crippen LogP contribution in [0.5, 0.6) is 0 Å². The molecule has 1 heterocycles. The maximum absolute atomic E-state index is 4.07. The molecule has 11 heavy (non-hydrogen) atoms. The maximum atomic E-state index is 4.07. The molecule has 0 bridgehead atoms. The molecule has 0 saturated carbocycles. The van der Waals surface area contributed by atoms with Gasteiger partial charge < -0.3 is 0 Å². The summed E-state index contributed by atoms with van der Waals surface area (Å²) >= 11 is 0. The van der Waals surface area contributed by atoms with E-state index >= 15 is 0 Å². The molecule has 0 aromatic carbocycles. The van der Waals surface area contributed by atoms with Crippen LogP contribution in [0.4, 0.5) is 5.82 Å². The molecule has 0 aliphatic heterocycles. The molecule has 0 atom stereocenters. The summed E-state index contributed by atoms with van der Waals surface area (Å²) in [5.41, 5.74) is 0. The molecule has 7 heteroatoms. The molecular formula is C4H3BN3Si3. The average molecular weight is 188 g/mol. The van der Waals surface area contributed by atoms with E-state index < -0.39 is 0 Å². The minimum atomic E-state index is 0.772. The number of rotatable bonds is 2. The van der Waals surface area contributed by atoms with Crippen LogP contribution in [0.3, 0.4) is 0 Å². The van der Waals surface area contributed by atoms with Gasteiger partial charge >= 0.3 is 76.1 Å². The van der Waals surface area contributed by atoms with E-state index in [1.165, 1.54) is 4.34 Å². The van der Waals surface area contributed by atoms with Crippen LogP contribution in [0.1, 0.15) is 0 Å². The summed E-state index contributed by atoms with van der Waals surface area (Å²) in [6.07, 6.45) is 0. The van der Waals surface area contributed by atoms with Crippen molar-refractivity contribution in [3.05, 3.63) is 18.1 Å². The average Bonchev–Trinajstić information content (AvgIpc) is 2.05. The molecule has 0 saturated heterocycles. The second-order valence-electron chi connectivity index (χ2n) is 1.81. The summed E-state index contributed by atoms with van der Waals surface area (Å²) in [5, 5.41) is 0. The van der Waals surface area contributed by atoms with Crippen molar-refractivity contribution < 1.29 is 0 Å². The van der Waals surface area contributed by atoms with Crippen LogP contribution >= 0.6 is 0 Å². The van der Waals surface area contributed by atoms with Crippen molar-refractivity contribution in [1.29, 1.82) is 0 Å². The molecule has 0 aliphatic carbocycles. The normalized spacial score (nSPS) is 9.82. The Morgan fingerprint density at radius 1 is 1.36 bits per heavy atom. The number of hydrazine groups is 1. The second-order valence-corrected chi connectivity index (χ2v) is 3.53. The second kappa shape index (κ2) is 3.95. The van der Waals surface area contributed by atoms with Crippen molar-refractivity contribution in [1.82, 2.24) is 9.23 Å². The van der Waals surface area contributed by atoms with E-state index in [0.29, 0.717) is 0 Å². The van der Waals surface area contributed by atoms with Crippen LogP contribution in [0.15, 0.2) is 18.1 Å². The van der Waals surface area contributed by atoms with Crippen LogP contribution in [0, 0.1) is 0 Å². The van der Waals surface area contributed by atoms with Gasteiger partial charge in [0.2, 0.25) is 0 Å². The Bertz CT molecular complexity index is 219. The Balaban J connectivity index is 2.77. The minimum absolute atomic E-state index is 0.772. The van der Waals surface area contributed by atoms with Gasteiger partial charge in [0.1, 0.15) is 0 Å². The Morgan fingerprint density at radius 3 is 2.55 bits per heavy atom. The molecule has 0 amide bonds. The van der Waals surface area contributed by atoms with E-state index in [1.807, 2.05) is 18.1 Å². The Kier molecular flexibility index (Phi) is 3.18. The third kappa shape index (κ3) is 2.36. The quantitative estimate of drug-likeness (QED) is 0.424. The molecule has 9 radical (unpaired) electrons. The number of hydrogen-bond acceptors (Lipinski definition) is 3. The van der Waals surface area contributed by atoms with Crippen molar-refractivity contribution in [2.45, 2.75) is 0 Å². The van der Waals surface area contributed by atoms with E-state index in [9.17, 15) is 0 Å². The number of hydrogen-bond donors (Lipinski definition) is 0. The summed E-state index contributed by atoms with van der Waals surface area (Å²) in [6, 6.07) is 3.76. The molecule has 0 spiro atoms. The first-order valence-electron chi connectivity index (χ1n) is 2.86.